The van der Waals surface area contributed by atoms with Crippen LogP contribution in [-0.4, -0.2) is 11.1 Å². The van der Waals surface area contributed by atoms with Gasteiger partial charge in [-0.05, 0) is 56.0 Å². The quantitative estimate of drug-likeness (QED) is 0.853. The molecule has 0 bridgehead atoms. The highest BCUT2D eigenvalue weighted by Crippen LogP contribution is 2.33. The summed E-state index contributed by atoms with van der Waals surface area (Å²) in [6, 6.07) is 7.45. The fraction of sp³-hybridized carbons (Fsp3) is 0.500. The van der Waals surface area contributed by atoms with E-state index in [2.05, 4.69) is 49.0 Å². The Hall–Kier alpha value is -1.28. The first-order valence-electron chi connectivity index (χ1n) is 7.03. The average Bonchev–Trinajstić information content (AvgIpc) is 2.98. The maximum atomic E-state index is 3.62. The second-order valence-electron chi connectivity index (χ2n) is 5.42. The molecule has 1 aliphatic rings. The molecule has 0 amide bonds. The lowest BCUT2D eigenvalue weighted by atomic mass is 10.0. The van der Waals surface area contributed by atoms with Crippen LogP contribution in [0.4, 0.5) is 0 Å². The summed E-state index contributed by atoms with van der Waals surface area (Å²) in [5.74, 6) is 0. The van der Waals surface area contributed by atoms with Gasteiger partial charge in [-0.3, -0.25) is 0 Å². The Morgan fingerprint density at radius 3 is 2.89 bits per heavy atom. The van der Waals surface area contributed by atoms with Crippen molar-refractivity contribution < 1.29 is 0 Å². The number of benzene rings is 1. The lowest BCUT2D eigenvalue weighted by Gasteiger charge is -2.13. The summed E-state index contributed by atoms with van der Waals surface area (Å²) in [6.07, 6.45) is 3.68. The highest BCUT2D eigenvalue weighted by molar-refractivity contribution is 5.86. The van der Waals surface area contributed by atoms with Crippen molar-refractivity contribution in [2.75, 3.05) is 6.54 Å². The molecule has 1 aromatic heterocycles. The van der Waals surface area contributed by atoms with Gasteiger partial charge in [-0.2, -0.15) is 0 Å². The topological polar surface area (TPSA) is 17.0 Å². The van der Waals surface area contributed by atoms with Gasteiger partial charge in [0.05, 0.1) is 0 Å². The number of rotatable bonds is 2. The Kier molecular flexibility index (Phi) is 2.90. The summed E-state index contributed by atoms with van der Waals surface area (Å²) in [4.78, 5) is 0. The minimum absolute atomic E-state index is 0.549. The lowest BCUT2D eigenvalue weighted by Crippen LogP contribution is -2.16. The molecule has 3 rings (SSSR count). The van der Waals surface area contributed by atoms with Crippen LogP contribution in [0.1, 0.15) is 42.6 Å². The van der Waals surface area contributed by atoms with Crippen LogP contribution in [0.2, 0.25) is 0 Å². The number of nitrogens with zero attached hydrogens (tertiary/aromatic N) is 1. The molecule has 96 valence electrons. The third-order valence-electron chi connectivity index (χ3n) is 4.37. The van der Waals surface area contributed by atoms with Gasteiger partial charge in [0, 0.05) is 29.7 Å². The number of aryl methyl sites for hydroxylation is 3. The van der Waals surface area contributed by atoms with E-state index in [4.69, 9.17) is 0 Å². The molecule has 0 saturated carbocycles. The maximum absolute atomic E-state index is 3.62. The van der Waals surface area contributed by atoms with Gasteiger partial charge in [-0.15, -0.1) is 0 Å². The van der Waals surface area contributed by atoms with E-state index < -0.39 is 0 Å². The lowest BCUT2D eigenvalue weighted by molar-refractivity contribution is 0.600. The van der Waals surface area contributed by atoms with Crippen LogP contribution in [0.5, 0.6) is 0 Å². The predicted molar refractivity (Wildman–Crippen MR) is 77.0 cm³/mol. The third-order valence-corrected chi connectivity index (χ3v) is 4.37. The average molecular weight is 242 g/mol. The van der Waals surface area contributed by atoms with Gasteiger partial charge in [-0.25, -0.2) is 0 Å². The molecule has 1 unspecified atom stereocenters. The molecule has 1 fully saturated rings. The zero-order chi connectivity index (χ0) is 12.7. The first-order chi connectivity index (χ1) is 8.72. The van der Waals surface area contributed by atoms with Gasteiger partial charge in [-0.1, -0.05) is 13.0 Å². The van der Waals surface area contributed by atoms with Gasteiger partial charge < -0.3 is 9.88 Å². The molecule has 2 heterocycles. The van der Waals surface area contributed by atoms with E-state index in [0.29, 0.717) is 6.04 Å². The van der Waals surface area contributed by atoms with E-state index in [0.717, 1.165) is 13.0 Å². The summed E-state index contributed by atoms with van der Waals surface area (Å²) in [7, 11) is 2.20. The molecule has 1 atom stereocenters. The van der Waals surface area contributed by atoms with E-state index in [1.54, 1.807) is 0 Å². The van der Waals surface area contributed by atoms with Crippen LogP contribution in [0.3, 0.4) is 0 Å². The second-order valence-corrected chi connectivity index (χ2v) is 5.42. The van der Waals surface area contributed by atoms with E-state index >= 15 is 0 Å². The van der Waals surface area contributed by atoms with Crippen molar-refractivity contribution in [1.82, 2.24) is 9.88 Å². The third kappa shape index (κ3) is 1.67. The van der Waals surface area contributed by atoms with E-state index in [9.17, 15) is 0 Å². The zero-order valence-electron chi connectivity index (χ0n) is 11.6. The molecule has 0 aliphatic carbocycles. The molecule has 2 nitrogen and oxygen atoms in total. The standard InChI is InChI=1S/C16H22N2/c1-4-12-7-8-15-13(10-12)11(2)16(18(15)3)14-6-5-9-17-14/h7-8,10,14,17H,4-6,9H2,1-3H3. The molecule has 1 saturated heterocycles. The molecule has 1 aromatic carbocycles. The first kappa shape index (κ1) is 11.8. The summed E-state index contributed by atoms with van der Waals surface area (Å²) in [5, 5.41) is 5.05. The molecule has 0 radical (unpaired) electrons. The van der Waals surface area contributed by atoms with Crippen LogP contribution >= 0.6 is 0 Å². The van der Waals surface area contributed by atoms with Crippen molar-refractivity contribution in [3.63, 3.8) is 0 Å². The first-order valence-corrected chi connectivity index (χ1v) is 7.03. The van der Waals surface area contributed by atoms with Gasteiger partial charge in [0.2, 0.25) is 0 Å². The Labute approximate surface area is 109 Å². The van der Waals surface area contributed by atoms with Crippen LogP contribution in [0, 0.1) is 6.92 Å². The number of hydrogen-bond donors (Lipinski definition) is 1. The summed E-state index contributed by atoms with van der Waals surface area (Å²) >= 11 is 0. The fourth-order valence-electron chi connectivity index (χ4n) is 3.33. The Balaban J connectivity index is 2.20. The van der Waals surface area contributed by atoms with Gasteiger partial charge >= 0.3 is 0 Å². The van der Waals surface area contributed by atoms with Crippen LogP contribution < -0.4 is 5.32 Å². The van der Waals surface area contributed by atoms with Crippen molar-refractivity contribution in [3.8, 4) is 0 Å². The largest absolute Gasteiger partial charge is 0.346 e. The maximum Gasteiger partial charge on any atom is 0.0483 e. The number of fused-ring (bicyclic) bond motifs is 1. The fourth-order valence-corrected chi connectivity index (χ4v) is 3.33. The van der Waals surface area contributed by atoms with Crippen molar-refractivity contribution >= 4 is 10.9 Å². The van der Waals surface area contributed by atoms with Crippen molar-refractivity contribution in [3.05, 3.63) is 35.0 Å². The molecule has 2 heteroatoms. The minimum Gasteiger partial charge on any atom is -0.346 e. The van der Waals surface area contributed by atoms with Crippen LogP contribution in [0.15, 0.2) is 18.2 Å². The van der Waals surface area contributed by atoms with Crippen molar-refractivity contribution in [2.24, 2.45) is 7.05 Å². The molecular formula is C16H22N2. The summed E-state index contributed by atoms with van der Waals surface area (Å²) in [6.45, 7) is 5.65. The molecule has 18 heavy (non-hydrogen) atoms. The summed E-state index contributed by atoms with van der Waals surface area (Å²) in [5.41, 5.74) is 5.74. The van der Waals surface area contributed by atoms with Crippen LogP contribution in [0.25, 0.3) is 10.9 Å². The Morgan fingerprint density at radius 1 is 1.39 bits per heavy atom. The zero-order valence-corrected chi connectivity index (χ0v) is 11.6. The molecule has 1 aliphatic heterocycles. The number of hydrogen-bond acceptors (Lipinski definition) is 1. The van der Waals surface area contributed by atoms with Crippen LogP contribution in [-0.2, 0) is 13.5 Å². The second kappa shape index (κ2) is 4.43. The van der Waals surface area contributed by atoms with E-state index in [1.807, 2.05) is 0 Å². The highest BCUT2D eigenvalue weighted by atomic mass is 15.0. The Morgan fingerprint density at radius 2 is 2.22 bits per heavy atom. The molecule has 2 aromatic rings. The highest BCUT2D eigenvalue weighted by Gasteiger charge is 2.23. The monoisotopic (exact) mass is 242 g/mol. The SMILES string of the molecule is CCc1ccc2c(c1)c(C)c(C1CCCN1)n2C. The predicted octanol–water partition coefficient (Wildman–Crippen LogP) is 3.47. The van der Waals surface area contributed by atoms with Gasteiger partial charge in [0.1, 0.15) is 0 Å². The molecule has 1 N–H and O–H groups in total. The molecular weight excluding hydrogens is 220 g/mol. The van der Waals surface area contributed by atoms with E-state index in [1.165, 1.54) is 40.6 Å². The Bertz CT molecular complexity index is 574. The normalized spacial score (nSPS) is 19.8. The summed E-state index contributed by atoms with van der Waals surface area (Å²) < 4.78 is 2.38. The van der Waals surface area contributed by atoms with Crippen molar-refractivity contribution in [2.45, 2.75) is 39.2 Å². The van der Waals surface area contributed by atoms with E-state index in [-0.39, 0.29) is 0 Å². The van der Waals surface area contributed by atoms with Crippen molar-refractivity contribution in [1.29, 1.82) is 0 Å². The van der Waals surface area contributed by atoms with Gasteiger partial charge in [0.25, 0.3) is 0 Å². The number of aromatic nitrogens is 1. The minimum atomic E-state index is 0.549. The molecule has 0 spiro atoms. The number of nitrogens with one attached hydrogen (secondary N) is 1. The smallest absolute Gasteiger partial charge is 0.0483 e. The van der Waals surface area contributed by atoms with Gasteiger partial charge in [0.15, 0.2) is 0 Å².